The van der Waals surface area contributed by atoms with Gasteiger partial charge in [-0.05, 0) is 49.6 Å². The molecule has 1 aromatic heterocycles. The predicted octanol–water partition coefficient (Wildman–Crippen LogP) is 3.34. The highest BCUT2D eigenvalue weighted by Gasteiger charge is 2.34. The Labute approximate surface area is 216 Å². The van der Waals surface area contributed by atoms with Gasteiger partial charge in [-0.1, -0.05) is 13.3 Å². The van der Waals surface area contributed by atoms with Gasteiger partial charge in [-0.2, -0.15) is 0 Å². The summed E-state index contributed by atoms with van der Waals surface area (Å²) >= 11 is 1.75. The standard InChI is InChI=1S/C27H36N4O4S/c1-4-19-20-9-10-22(32)21(26(20)29(2)27(19)36-3)17-30-16-18(30)13-14-28-23(33)8-6-5-7-15-31-24(34)11-12-25(31)35/h9-12,18,32H,4-8,13-17H2,1-3H3,(H,28,33). The van der Waals surface area contributed by atoms with Crippen LogP contribution in [0.3, 0.4) is 0 Å². The number of benzene rings is 1. The molecule has 8 nitrogen and oxygen atoms in total. The Kier molecular flexibility index (Phi) is 8.41. The van der Waals surface area contributed by atoms with Gasteiger partial charge in [-0.25, -0.2) is 0 Å². The zero-order chi connectivity index (χ0) is 25.8. The molecule has 2 aliphatic heterocycles. The zero-order valence-electron chi connectivity index (χ0n) is 21.4. The summed E-state index contributed by atoms with van der Waals surface area (Å²) in [6, 6.07) is 4.26. The summed E-state index contributed by atoms with van der Waals surface area (Å²) in [6.45, 7) is 4.89. The number of carbonyl (C=O) groups is 3. The van der Waals surface area contributed by atoms with E-state index in [0.29, 0.717) is 44.3 Å². The first kappa shape index (κ1) is 26.3. The molecule has 194 valence electrons. The molecular formula is C27H36N4O4S. The van der Waals surface area contributed by atoms with Gasteiger partial charge >= 0.3 is 0 Å². The van der Waals surface area contributed by atoms with Crippen LogP contribution in [0.25, 0.3) is 10.9 Å². The van der Waals surface area contributed by atoms with Crippen molar-refractivity contribution in [2.75, 3.05) is 25.9 Å². The number of nitrogens with one attached hydrogen (secondary N) is 1. The maximum atomic E-state index is 12.2. The van der Waals surface area contributed by atoms with Crippen molar-refractivity contribution in [2.45, 2.75) is 63.1 Å². The van der Waals surface area contributed by atoms with Crippen molar-refractivity contribution >= 4 is 40.4 Å². The number of fused-ring (bicyclic) bond motifs is 1. The van der Waals surface area contributed by atoms with Crippen LogP contribution in [0.1, 0.15) is 50.2 Å². The second kappa shape index (κ2) is 11.5. The summed E-state index contributed by atoms with van der Waals surface area (Å²) in [6.07, 6.45) is 9.24. The van der Waals surface area contributed by atoms with E-state index in [1.807, 2.05) is 12.1 Å². The van der Waals surface area contributed by atoms with Crippen molar-refractivity contribution < 1.29 is 19.5 Å². The molecule has 0 aliphatic carbocycles. The van der Waals surface area contributed by atoms with Gasteiger partial charge in [0.2, 0.25) is 5.91 Å². The van der Waals surface area contributed by atoms with Crippen LogP contribution in [0.5, 0.6) is 5.75 Å². The summed E-state index contributed by atoms with van der Waals surface area (Å²) in [5, 5.41) is 16.1. The number of nitrogens with zero attached hydrogens (tertiary/aromatic N) is 3. The fraction of sp³-hybridized carbons (Fsp3) is 0.519. The van der Waals surface area contributed by atoms with E-state index in [9.17, 15) is 19.5 Å². The van der Waals surface area contributed by atoms with Crippen LogP contribution in [0, 0.1) is 0 Å². The Balaban J connectivity index is 1.18. The molecule has 36 heavy (non-hydrogen) atoms. The first-order valence-electron chi connectivity index (χ1n) is 12.8. The number of hydrogen-bond donors (Lipinski definition) is 2. The average Bonchev–Trinajstić information content (AvgIpc) is 3.43. The number of phenolic OH excluding ortho intramolecular Hbond substituents is 1. The third-order valence-corrected chi connectivity index (χ3v) is 8.11. The Morgan fingerprint density at radius 3 is 2.58 bits per heavy atom. The number of aryl methyl sites for hydroxylation is 2. The van der Waals surface area contributed by atoms with E-state index in [4.69, 9.17) is 0 Å². The van der Waals surface area contributed by atoms with E-state index < -0.39 is 0 Å². The van der Waals surface area contributed by atoms with Gasteiger partial charge in [0.25, 0.3) is 11.8 Å². The summed E-state index contributed by atoms with van der Waals surface area (Å²) in [7, 11) is 2.08. The summed E-state index contributed by atoms with van der Waals surface area (Å²) < 4.78 is 2.21. The first-order chi connectivity index (χ1) is 17.3. The predicted molar refractivity (Wildman–Crippen MR) is 142 cm³/mol. The van der Waals surface area contributed by atoms with Crippen molar-refractivity contribution in [3.05, 3.63) is 35.4 Å². The van der Waals surface area contributed by atoms with Crippen LogP contribution in [0.2, 0.25) is 0 Å². The number of hydrogen-bond acceptors (Lipinski definition) is 6. The molecule has 1 aromatic carbocycles. The Bertz CT molecular complexity index is 1170. The summed E-state index contributed by atoms with van der Waals surface area (Å²) in [4.78, 5) is 38.8. The number of phenols is 1. The number of rotatable bonds is 13. The molecule has 3 amide bonds. The highest BCUT2D eigenvalue weighted by atomic mass is 32.2. The van der Waals surface area contributed by atoms with E-state index >= 15 is 0 Å². The van der Waals surface area contributed by atoms with E-state index in [2.05, 4.69) is 35.0 Å². The lowest BCUT2D eigenvalue weighted by Crippen LogP contribution is -2.30. The Hall–Kier alpha value is -2.78. The second-order valence-electron chi connectivity index (χ2n) is 9.55. The topological polar surface area (TPSA) is 94.7 Å². The fourth-order valence-electron chi connectivity index (χ4n) is 5.17. The molecule has 0 radical (unpaired) electrons. The lowest BCUT2D eigenvalue weighted by molar-refractivity contribution is -0.137. The van der Waals surface area contributed by atoms with E-state index in [1.165, 1.54) is 33.0 Å². The number of aromatic hydroxyl groups is 1. The smallest absolute Gasteiger partial charge is 0.253 e. The molecule has 1 fully saturated rings. The molecule has 0 spiro atoms. The number of thioether (sulfide) groups is 1. The number of imide groups is 1. The van der Waals surface area contributed by atoms with E-state index in [0.717, 1.165) is 43.3 Å². The van der Waals surface area contributed by atoms with Crippen LogP contribution in [0.15, 0.2) is 29.3 Å². The minimum absolute atomic E-state index is 0.0418. The number of amides is 3. The molecule has 2 aromatic rings. The molecule has 0 saturated carbocycles. The first-order valence-corrected chi connectivity index (χ1v) is 14.0. The number of unbranched alkanes of at least 4 members (excludes halogenated alkanes) is 2. The van der Waals surface area contributed by atoms with Gasteiger partial charge in [0.05, 0.1) is 10.5 Å². The van der Waals surface area contributed by atoms with Crippen LogP contribution in [-0.2, 0) is 34.4 Å². The van der Waals surface area contributed by atoms with Crippen LogP contribution >= 0.6 is 11.8 Å². The summed E-state index contributed by atoms with van der Waals surface area (Å²) in [5.74, 6) is -0.122. The molecule has 2 unspecified atom stereocenters. The highest BCUT2D eigenvalue weighted by molar-refractivity contribution is 7.98. The van der Waals surface area contributed by atoms with Crippen molar-refractivity contribution in [1.82, 2.24) is 19.7 Å². The minimum Gasteiger partial charge on any atom is -0.508 e. The zero-order valence-corrected chi connectivity index (χ0v) is 22.2. The van der Waals surface area contributed by atoms with Crippen LogP contribution < -0.4 is 5.32 Å². The maximum Gasteiger partial charge on any atom is 0.253 e. The molecular weight excluding hydrogens is 476 g/mol. The Morgan fingerprint density at radius 1 is 1.14 bits per heavy atom. The van der Waals surface area contributed by atoms with Crippen LogP contribution in [-0.4, -0.2) is 69.1 Å². The van der Waals surface area contributed by atoms with Gasteiger partial charge in [-0.15, -0.1) is 11.8 Å². The third-order valence-electron chi connectivity index (χ3n) is 7.20. The second-order valence-corrected chi connectivity index (χ2v) is 10.3. The molecule has 4 rings (SSSR count). The molecule has 3 heterocycles. The quantitative estimate of drug-likeness (QED) is 0.185. The fourth-order valence-corrected chi connectivity index (χ4v) is 6.04. The lowest BCUT2D eigenvalue weighted by Gasteiger charge is -2.13. The number of aromatic nitrogens is 1. The Morgan fingerprint density at radius 2 is 1.89 bits per heavy atom. The van der Waals surface area contributed by atoms with E-state index in [1.54, 1.807) is 11.8 Å². The highest BCUT2D eigenvalue weighted by Crippen LogP contribution is 2.38. The molecule has 0 bridgehead atoms. The molecule has 2 atom stereocenters. The average molecular weight is 513 g/mol. The molecule has 2 aliphatic rings. The summed E-state index contributed by atoms with van der Waals surface area (Å²) in [5.41, 5.74) is 3.43. The molecule has 9 heteroatoms. The van der Waals surface area contributed by atoms with E-state index in [-0.39, 0.29) is 17.7 Å². The number of carbonyl (C=O) groups excluding carboxylic acids is 3. The van der Waals surface area contributed by atoms with Gasteiger partial charge in [0.1, 0.15) is 5.75 Å². The maximum absolute atomic E-state index is 12.2. The normalized spacial score (nSPS) is 19.0. The molecule has 1 saturated heterocycles. The van der Waals surface area contributed by atoms with Crippen molar-refractivity contribution in [1.29, 1.82) is 0 Å². The lowest BCUT2D eigenvalue weighted by atomic mass is 10.1. The largest absolute Gasteiger partial charge is 0.508 e. The SMILES string of the molecule is CCc1c(SC)n(C)c2c(CN3CC3CCNC(=O)CCCCCN3C(=O)C=CC3=O)c(O)ccc12. The van der Waals surface area contributed by atoms with Crippen LogP contribution in [0.4, 0.5) is 0 Å². The monoisotopic (exact) mass is 512 g/mol. The van der Waals surface area contributed by atoms with Gasteiger partial charge < -0.3 is 15.0 Å². The molecule has 2 N–H and O–H groups in total. The van der Waals surface area contributed by atoms with Crippen molar-refractivity contribution in [3.8, 4) is 5.75 Å². The van der Waals surface area contributed by atoms with Gasteiger partial charge in [-0.3, -0.25) is 24.2 Å². The minimum atomic E-state index is -0.252. The van der Waals surface area contributed by atoms with Gasteiger partial charge in [0, 0.05) is 68.8 Å². The van der Waals surface area contributed by atoms with Crippen molar-refractivity contribution in [2.24, 2.45) is 7.05 Å². The van der Waals surface area contributed by atoms with Crippen molar-refractivity contribution in [3.63, 3.8) is 0 Å². The third kappa shape index (κ3) is 5.62. The van der Waals surface area contributed by atoms with Gasteiger partial charge in [0.15, 0.2) is 0 Å².